The van der Waals surface area contributed by atoms with Crippen LogP contribution in [0.5, 0.6) is 0 Å². The molecule has 45 heavy (non-hydrogen) atoms. The van der Waals surface area contributed by atoms with E-state index in [0.29, 0.717) is 0 Å². The highest BCUT2D eigenvalue weighted by molar-refractivity contribution is 7.47. The van der Waals surface area contributed by atoms with Gasteiger partial charge in [0.2, 0.25) is 5.95 Å². The van der Waals surface area contributed by atoms with Gasteiger partial charge in [0.25, 0.3) is 5.56 Å². The Bertz CT molecular complexity index is 1850. The number of hydrogen-bond donors (Lipinski definition) is 8. The highest BCUT2D eigenvalue weighted by atomic mass is 31.2. The van der Waals surface area contributed by atoms with E-state index in [-0.39, 0.29) is 34.0 Å². The van der Waals surface area contributed by atoms with Crippen molar-refractivity contribution in [1.29, 1.82) is 0 Å². The van der Waals surface area contributed by atoms with Gasteiger partial charge in [0.1, 0.15) is 42.4 Å². The van der Waals surface area contributed by atoms with Crippen LogP contribution < -0.4 is 17.0 Å². The van der Waals surface area contributed by atoms with E-state index in [9.17, 15) is 39.0 Å². The zero-order valence-corrected chi connectivity index (χ0v) is 24.4. The fraction of sp³-hybridized carbons (Fsp3) is 0.476. The molecule has 0 bridgehead atoms. The van der Waals surface area contributed by atoms with Crippen molar-refractivity contribution in [2.75, 3.05) is 24.7 Å². The van der Waals surface area contributed by atoms with Crippen LogP contribution in [0.1, 0.15) is 12.5 Å². The molecule has 0 amide bonds. The van der Waals surface area contributed by atoms with Crippen LogP contribution in [0, 0.1) is 0 Å². The fourth-order valence-corrected chi connectivity index (χ4v) is 6.60. The number of aromatic nitrogens is 7. The van der Waals surface area contributed by atoms with Crippen molar-refractivity contribution in [3.8, 4) is 0 Å². The Labute approximate surface area is 250 Å². The van der Waals surface area contributed by atoms with Crippen LogP contribution in [0.3, 0.4) is 0 Å². The molecule has 0 spiro atoms. The SMILES string of the molecule is Nc1nc2c(ccn2[C@@H]2OC(CO)[C@@H](O)[C@H]2OP(=O)(O)OCC2O[C@@H](n3cnc4c(N)ncnc43)[C@H](O)[C@@H]2O[P+](=O)O)c(=O)[nH]1. The van der Waals surface area contributed by atoms with Crippen LogP contribution in [0.25, 0.3) is 22.2 Å². The number of aromatic amines is 1. The number of phosphoric ester groups is 1. The molecule has 0 aliphatic carbocycles. The number of aliphatic hydroxyl groups is 3. The van der Waals surface area contributed by atoms with Crippen LogP contribution in [-0.2, 0) is 32.2 Å². The summed E-state index contributed by atoms with van der Waals surface area (Å²) in [5, 5.41) is 31.5. The van der Waals surface area contributed by atoms with Crippen molar-refractivity contribution in [2.24, 2.45) is 0 Å². The van der Waals surface area contributed by atoms with Gasteiger partial charge in [0.05, 0.1) is 24.9 Å². The second kappa shape index (κ2) is 12.0. The van der Waals surface area contributed by atoms with Gasteiger partial charge in [-0.05, 0) is 6.07 Å². The van der Waals surface area contributed by atoms with Gasteiger partial charge in [-0.3, -0.25) is 23.4 Å². The molecule has 6 heterocycles. The minimum Gasteiger partial charge on any atom is -0.394 e. The first-order valence-corrected chi connectivity index (χ1v) is 15.6. The molecule has 4 aromatic rings. The first-order chi connectivity index (χ1) is 21.4. The Morgan fingerprint density at radius 2 is 1.82 bits per heavy atom. The number of H-pyrrole nitrogens is 1. The van der Waals surface area contributed by atoms with E-state index in [4.69, 9.17) is 34.5 Å². The quantitative estimate of drug-likeness (QED) is 0.0825. The Morgan fingerprint density at radius 3 is 2.56 bits per heavy atom. The maximum Gasteiger partial charge on any atom is 0.695 e. The number of rotatable bonds is 10. The molecule has 2 saturated heterocycles. The highest BCUT2D eigenvalue weighted by Crippen LogP contribution is 2.50. The monoisotopic (exact) mass is 674 g/mol. The van der Waals surface area contributed by atoms with Gasteiger partial charge in [0, 0.05) is 10.8 Å². The summed E-state index contributed by atoms with van der Waals surface area (Å²) in [4.78, 5) is 50.7. The molecule has 24 heteroatoms. The summed E-state index contributed by atoms with van der Waals surface area (Å²) in [6.45, 7) is -1.55. The van der Waals surface area contributed by atoms with E-state index in [0.717, 1.165) is 6.33 Å². The third kappa shape index (κ3) is 5.83. The van der Waals surface area contributed by atoms with E-state index in [1.54, 1.807) is 0 Å². The number of nitrogens with zero attached hydrogens (tertiary/aromatic N) is 6. The summed E-state index contributed by atoms with van der Waals surface area (Å²) in [6.07, 6.45) is -8.28. The normalized spacial score (nSPS) is 30.3. The molecule has 2 aliphatic rings. The molecule has 2 fully saturated rings. The largest absolute Gasteiger partial charge is 0.695 e. The minimum atomic E-state index is -5.15. The smallest absolute Gasteiger partial charge is 0.394 e. The number of hydrogen-bond acceptors (Lipinski definition) is 17. The molecule has 0 saturated carbocycles. The van der Waals surface area contributed by atoms with Crippen LogP contribution in [0.2, 0.25) is 0 Å². The van der Waals surface area contributed by atoms with Gasteiger partial charge in [-0.15, -0.1) is 9.42 Å². The zero-order valence-electron chi connectivity index (χ0n) is 22.6. The Kier molecular flexibility index (Phi) is 8.41. The lowest BCUT2D eigenvalue weighted by Crippen LogP contribution is -2.36. The number of nitrogens with two attached hydrogens (primary N) is 2. The van der Waals surface area contributed by atoms with Crippen molar-refractivity contribution in [3.05, 3.63) is 35.3 Å². The number of fused-ring (bicyclic) bond motifs is 2. The number of phosphoric acid groups is 1. The zero-order chi connectivity index (χ0) is 32.2. The fourth-order valence-electron chi connectivity index (χ4n) is 5.20. The van der Waals surface area contributed by atoms with Crippen LogP contribution >= 0.6 is 16.1 Å². The van der Waals surface area contributed by atoms with Gasteiger partial charge < -0.3 is 45.7 Å². The van der Waals surface area contributed by atoms with Gasteiger partial charge in [0.15, 0.2) is 35.7 Å². The van der Waals surface area contributed by atoms with Gasteiger partial charge >= 0.3 is 16.1 Å². The molecule has 4 unspecified atom stereocenters. The van der Waals surface area contributed by atoms with E-state index in [1.807, 2.05) is 0 Å². The molecule has 10 atom stereocenters. The summed E-state index contributed by atoms with van der Waals surface area (Å²) in [6, 6.07) is 1.36. The van der Waals surface area contributed by atoms with Crippen molar-refractivity contribution in [2.45, 2.75) is 49.1 Å². The lowest BCUT2D eigenvalue weighted by atomic mass is 10.1. The van der Waals surface area contributed by atoms with E-state index >= 15 is 0 Å². The van der Waals surface area contributed by atoms with E-state index in [2.05, 4.69) is 24.9 Å². The standard InChI is InChI=1S/C21H25N9O13P2/c22-15-10-17(25-5-24-15)30(6-26-10)19-12(33)13(42-44(35)36)9(41-19)4-39-45(37,38)43-14-11(32)8(3-31)40-20(14)29-2-1-7-16(29)27-21(23)28-18(7)34/h1-2,5-6,8-9,11-14,19-20,31-33H,3-4H2,(H6-,22,23,24,25,27,28,34,35,36,37,38)/p+1/t8?,9?,11-,12-,13-,14-,19-,20-/m1/s1. The predicted octanol–water partition coefficient (Wildman–Crippen LogP) is -2.23. The molecule has 0 radical (unpaired) electrons. The molecular formula is C21H26N9O13P2+. The van der Waals surface area contributed by atoms with Crippen molar-refractivity contribution >= 4 is 50.0 Å². The Morgan fingerprint density at radius 1 is 1.07 bits per heavy atom. The van der Waals surface area contributed by atoms with Gasteiger partial charge in [-0.1, -0.05) is 0 Å². The molecule has 6 rings (SSSR count). The second-order valence-electron chi connectivity index (χ2n) is 9.93. The highest BCUT2D eigenvalue weighted by Gasteiger charge is 2.53. The van der Waals surface area contributed by atoms with Gasteiger partial charge in [-0.25, -0.2) is 19.5 Å². The third-order valence-corrected chi connectivity index (χ3v) is 8.62. The number of nitrogen functional groups attached to an aromatic ring is 2. The van der Waals surface area contributed by atoms with Gasteiger partial charge in [-0.2, -0.15) is 4.98 Å². The Hall–Kier alpha value is -3.50. The van der Waals surface area contributed by atoms with E-state index < -0.39 is 83.9 Å². The van der Waals surface area contributed by atoms with Crippen LogP contribution in [0.15, 0.2) is 29.7 Å². The lowest BCUT2D eigenvalue weighted by molar-refractivity contribution is -0.0607. The van der Waals surface area contributed by atoms with Crippen LogP contribution in [0.4, 0.5) is 11.8 Å². The molecule has 10 N–H and O–H groups in total. The molecule has 4 aromatic heterocycles. The number of aliphatic hydroxyl groups excluding tert-OH is 3. The summed E-state index contributed by atoms with van der Waals surface area (Å²) in [5.41, 5.74) is 11.2. The molecule has 22 nitrogen and oxygen atoms in total. The number of anilines is 2. The van der Waals surface area contributed by atoms with Crippen molar-refractivity contribution < 1.29 is 57.3 Å². The summed E-state index contributed by atoms with van der Waals surface area (Å²) in [7, 11) is -8.43. The van der Waals surface area contributed by atoms with E-state index in [1.165, 1.54) is 27.7 Å². The summed E-state index contributed by atoms with van der Waals surface area (Å²) >= 11 is 0. The van der Waals surface area contributed by atoms with Crippen molar-refractivity contribution in [1.82, 2.24) is 34.1 Å². The molecular weight excluding hydrogens is 648 g/mol. The second-order valence-corrected chi connectivity index (χ2v) is 12.0. The van der Waals surface area contributed by atoms with Crippen molar-refractivity contribution in [3.63, 3.8) is 0 Å². The first kappa shape index (κ1) is 31.5. The summed E-state index contributed by atoms with van der Waals surface area (Å²) < 4.78 is 54.0. The number of imidazole rings is 1. The first-order valence-electron chi connectivity index (χ1n) is 12.9. The lowest BCUT2D eigenvalue weighted by Gasteiger charge is -2.25. The predicted molar refractivity (Wildman–Crippen MR) is 147 cm³/mol. The topological polar surface area (TPSA) is 328 Å². The maximum absolute atomic E-state index is 13.2. The Balaban J connectivity index is 1.22. The van der Waals surface area contributed by atoms with Crippen LogP contribution in [-0.4, -0.2) is 109 Å². The average Bonchev–Trinajstić information content (AvgIpc) is 3.73. The number of ether oxygens (including phenoxy) is 2. The summed E-state index contributed by atoms with van der Waals surface area (Å²) in [5.74, 6) is -0.203. The number of nitrogens with one attached hydrogen (secondary N) is 1. The average molecular weight is 674 g/mol. The maximum atomic E-state index is 13.2. The molecule has 0 aromatic carbocycles. The minimum absolute atomic E-state index is 0.00845. The molecule has 242 valence electrons. The third-order valence-electron chi connectivity index (χ3n) is 7.21. The molecule has 2 aliphatic heterocycles.